The van der Waals surface area contributed by atoms with Crippen molar-refractivity contribution in [2.75, 3.05) is 7.11 Å². The normalized spacial score (nSPS) is 10.1. The lowest BCUT2D eigenvalue weighted by molar-refractivity contribution is 0.0600. The highest BCUT2D eigenvalue weighted by molar-refractivity contribution is 5.89. The zero-order valence-electron chi connectivity index (χ0n) is 9.16. The van der Waals surface area contributed by atoms with Gasteiger partial charge >= 0.3 is 5.97 Å². The van der Waals surface area contributed by atoms with E-state index in [0.29, 0.717) is 5.56 Å². The molecule has 0 unspecified atom stereocenters. The minimum absolute atomic E-state index is 0.289. The summed E-state index contributed by atoms with van der Waals surface area (Å²) in [7, 11) is 1.36. The van der Waals surface area contributed by atoms with Crippen LogP contribution in [-0.4, -0.2) is 13.1 Å². The lowest BCUT2D eigenvalue weighted by atomic mass is 10.00. The maximum Gasteiger partial charge on any atom is 0.337 e. The topological polar surface area (TPSA) is 61.5 Å². The molecule has 4 heteroatoms. The Morgan fingerprint density at radius 2 is 2.07 bits per heavy atom. The van der Waals surface area contributed by atoms with Crippen LogP contribution < -0.4 is 5.90 Å². The summed E-state index contributed by atoms with van der Waals surface area (Å²) in [5.41, 5.74) is 3.52. The van der Waals surface area contributed by atoms with E-state index in [-0.39, 0.29) is 12.6 Å². The molecule has 1 aromatic rings. The van der Waals surface area contributed by atoms with E-state index in [1.807, 2.05) is 13.8 Å². The molecule has 0 bridgehead atoms. The third-order valence-corrected chi connectivity index (χ3v) is 2.43. The number of hydrogen-bond donors (Lipinski definition) is 1. The van der Waals surface area contributed by atoms with E-state index in [2.05, 4.69) is 9.57 Å². The molecule has 2 N–H and O–H groups in total. The van der Waals surface area contributed by atoms with E-state index in [4.69, 9.17) is 5.90 Å². The first kappa shape index (κ1) is 11.7. The maximum absolute atomic E-state index is 11.3. The molecule has 1 aromatic carbocycles. The van der Waals surface area contributed by atoms with Crippen LogP contribution in [0.4, 0.5) is 0 Å². The van der Waals surface area contributed by atoms with E-state index in [0.717, 1.165) is 16.7 Å². The van der Waals surface area contributed by atoms with Crippen LogP contribution in [0.15, 0.2) is 12.1 Å². The lowest BCUT2D eigenvalue weighted by Gasteiger charge is -2.10. The second-order valence-corrected chi connectivity index (χ2v) is 3.38. The van der Waals surface area contributed by atoms with E-state index in [9.17, 15) is 4.79 Å². The van der Waals surface area contributed by atoms with Gasteiger partial charge in [0.15, 0.2) is 0 Å². The Bertz CT molecular complexity index is 374. The van der Waals surface area contributed by atoms with Crippen molar-refractivity contribution in [3.63, 3.8) is 0 Å². The first-order valence-corrected chi connectivity index (χ1v) is 4.60. The average molecular weight is 209 g/mol. The zero-order chi connectivity index (χ0) is 11.4. The van der Waals surface area contributed by atoms with Crippen molar-refractivity contribution in [2.45, 2.75) is 20.5 Å². The van der Waals surface area contributed by atoms with Gasteiger partial charge in [0.05, 0.1) is 19.3 Å². The van der Waals surface area contributed by atoms with Crippen molar-refractivity contribution in [1.29, 1.82) is 0 Å². The van der Waals surface area contributed by atoms with Gasteiger partial charge in [-0.2, -0.15) is 0 Å². The van der Waals surface area contributed by atoms with Gasteiger partial charge in [-0.1, -0.05) is 0 Å². The van der Waals surface area contributed by atoms with Gasteiger partial charge < -0.3 is 4.74 Å². The molecule has 0 spiro atoms. The number of carbonyl (C=O) groups excluding carboxylic acids is 1. The molecule has 0 saturated heterocycles. The van der Waals surface area contributed by atoms with Crippen molar-refractivity contribution in [3.8, 4) is 0 Å². The number of ether oxygens (including phenoxy) is 1. The molecule has 0 atom stereocenters. The molecular weight excluding hydrogens is 194 g/mol. The van der Waals surface area contributed by atoms with Crippen molar-refractivity contribution in [2.24, 2.45) is 5.90 Å². The second-order valence-electron chi connectivity index (χ2n) is 3.38. The third-order valence-electron chi connectivity index (χ3n) is 2.43. The molecule has 1 rings (SSSR count). The fourth-order valence-electron chi connectivity index (χ4n) is 1.41. The molecule has 0 aromatic heterocycles. The van der Waals surface area contributed by atoms with Crippen LogP contribution in [0.3, 0.4) is 0 Å². The van der Waals surface area contributed by atoms with Gasteiger partial charge in [0.25, 0.3) is 0 Å². The molecule has 82 valence electrons. The molecule has 0 aliphatic rings. The molecule has 0 aliphatic heterocycles. The highest BCUT2D eigenvalue weighted by atomic mass is 16.6. The Balaban J connectivity index is 3.16. The first-order chi connectivity index (χ1) is 7.10. The Labute approximate surface area is 88.9 Å². The van der Waals surface area contributed by atoms with E-state index >= 15 is 0 Å². The van der Waals surface area contributed by atoms with E-state index < -0.39 is 0 Å². The number of carbonyl (C=O) groups is 1. The number of hydrogen-bond acceptors (Lipinski definition) is 4. The monoisotopic (exact) mass is 209 g/mol. The number of aryl methyl sites for hydroxylation is 1. The summed E-state index contributed by atoms with van der Waals surface area (Å²) in [5.74, 6) is 4.67. The predicted molar refractivity (Wildman–Crippen MR) is 56.2 cm³/mol. The minimum atomic E-state index is -0.351. The average Bonchev–Trinajstić information content (AvgIpc) is 2.23. The van der Waals surface area contributed by atoms with Gasteiger partial charge in [-0.3, -0.25) is 4.84 Å². The zero-order valence-corrected chi connectivity index (χ0v) is 9.16. The number of benzene rings is 1. The quantitative estimate of drug-likeness (QED) is 0.605. The van der Waals surface area contributed by atoms with E-state index in [1.54, 1.807) is 12.1 Å². The smallest absolute Gasteiger partial charge is 0.337 e. The summed E-state index contributed by atoms with van der Waals surface area (Å²) >= 11 is 0. The van der Waals surface area contributed by atoms with Gasteiger partial charge in [0.2, 0.25) is 0 Å². The van der Waals surface area contributed by atoms with Crippen LogP contribution >= 0.6 is 0 Å². The molecule has 4 nitrogen and oxygen atoms in total. The number of nitrogens with two attached hydrogens (primary N) is 1. The molecule has 0 radical (unpaired) electrons. The summed E-state index contributed by atoms with van der Waals surface area (Å²) in [6, 6.07) is 3.53. The Kier molecular flexibility index (Phi) is 3.82. The first-order valence-electron chi connectivity index (χ1n) is 4.60. The summed E-state index contributed by atoms with van der Waals surface area (Å²) in [6.07, 6.45) is 0. The van der Waals surface area contributed by atoms with Crippen LogP contribution in [0.1, 0.15) is 27.0 Å². The fraction of sp³-hybridized carbons (Fsp3) is 0.364. The highest BCUT2D eigenvalue weighted by Crippen LogP contribution is 2.17. The van der Waals surface area contributed by atoms with E-state index in [1.165, 1.54) is 7.11 Å². The lowest BCUT2D eigenvalue weighted by Crippen LogP contribution is -2.07. The highest BCUT2D eigenvalue weighted by Gasteiger charge is 2.10. The standard InChI is InChI=1S/C11H15NO3/c1-7-4-9(11(13)14-3)5-10(6-15-12)8(7)2/h4-5H,6,12H2,1-3H3. The Hall–Kier alpha value is -1.39. The van der Waals surface area contributed by atoms with Gasteiger partial charge in [-0.05, 0) is 42.7 Å². The van der Waals surface area contributed by atoms with Gasteiger partial charge in [0.1, 0.15) is 0 Å². The minimum Gasteiger partial charge on any atom is -0.465 e. The predicted octanol–water partition coefficient (Wildman–Crippen LogP) is 1.48. The van der Waals surface area contributed by atoms with Gasteiger partial charge in [0, 0.05) is 0 Å². The largest absolute Gasteiger partial charge is 0.465 e. The van der Waals surface area contributed by atoms with Crippen LogP contribution in [-0.2, 0) is 16.2 Å². The van der Waals surface area contributed by atoms with Crippen LogP contribution in [0.2, 0.25) is 0 Å². The summed E-state index contributed by atoms with van der Waals surface area (Å²) in [5, 5.41) is 0. The maximum atomic E-state index is 11.3. The molecule has 0 saturated carbocycles. The van der Waals surface area contributed by atoms with Crippen LogP contribution in [0.25, 0.3) is 0 Å². The molecular formula is C11H15NO3. The molecule has 0 amide bonds. The number of esters is 1. The molecule has 15 heavy (non-hydrogen) atoms. The van der Waals surface area contributed by atoms with Crippen molar-refractivity contribution >= 4 is 5.97 Å². The molecule has 0 fully saturated rings. The molecule has 0 aliphatic carbocycles. The van der Waals surface area contributed by atoms with Crippen molar-refractivity contribution in [3.05, 3.63) is 34.4 Å². The Morgan fingerprint density at radius 1 is 1.40 bits per heavy atom. The van der Waals surface area contributed by atoms with Gasteiger partial charge in [-0.25, -0.2) is 10.7 Å². The summed E-state index contributed by atoms with van der Waals surface area (Å²) in [4.78, 5) is 15.9. The summed E-state index contributed by atoms with van der Waals surface area (Å²) in [6.45, 7) is 4.18. The van der Waals surface area contributed by atoms with Crippen molar-refractivity contribution in [1.82, 2.24) is 0 Å². The van der Waals surface area contributed by atoms with Crippen LogP contribution in [0.5, 0.6) is 0 Å². The summed E-state index contributed by atoms with van der Waals surface area (Å²) < 4.78 is 4.65. The SMILES string of the molecule is COC(=O)c1cc(C)c(C)c(CON)c1. The number of rotatable bonds is 3. The van der Waals surface area contributed by atoms with Crippen LogP contribution in [0, 0.1) is 13.8 Å². The fourth-order valence-corrected chi connectivity index (χ4v) is 1.41. The van der Waals surface area contributed by atoms with Crippen molar-refractivity contribution < 1.29 is 14.4 Å². The number of methoxy groups -OCH3 is 1. The molecule has 0 heterocycles. The Morgan fingerprint density at radius 3 is 2.60 bits per heavy atom. The van der Waals surface area contributed by atoms with Gasteiger partial charge in [-0.15, -0.1) is 0 Å². The third kappa shape index (κ3) is 2.55. The second kappa shape index (κ2) is 4.91.